The predicted octanol–water partition coefficient (Wildman–Crippen LogP) is 9.82. The first kappa shape index (κ1) is 13.0. The molecule has 182 valence electrons. The van der Waals surface area contributed by atoms with Crippen LogP contribution in [0.25, 0.3) is 71.6 Å². The van der Waals surface area contributed by atoms with E-state index in [1.165, 1.54) is 0 Å². The van der Waals surface area contributed by atoms with Crippen molar-refractivity contribution in [3.05, 3.63) is 145 Å². The van der Waals surface area contributed by atoms with E-state index in [0.717, 1.165) is 0 Å². The maximum absolute atomic E-state index is 9.17. The molecule has 0 saturated heterocycles. The topological polar surface area (TPSA) is 17.8 Å². The average Bonchev–Trinajstić information content (AvgIpc) is 3.51. The van der Waals surface area contributed by atoms with Gasteiger partial charge in [-0.15, -0.1) is 0 Å². The van der Waals surface area contributed by atoms with Gasteiger partial charge in [0.2, 0.25) is 0 Å². The van der Waals surface area contributed by atoms with Crippen molar-refractivity contribution in [2.45, 2.75) is 0 Å². The molecule has 0 fully saturated rings. The molecule has 7 aromatic carbocycles. The SMILES string of the molecule is [2H]c1c([2H])c([2H])c(-n2c(-c3c4ccccc4c(-c4c([2H])c([2H])c([2H])c5c([2H])c([2H])c([2H])c([2H])c45)c4ccccc34)nc3ccccc32)c([2H])c1[2H]. The highest BCUT2D eigenvalue weighted by molar-refractivity contribution is 6.23. The van der Waals surface area contributed by atoms with Crippen LogP contribution in [0.5, 0.6) is 0 Å². The lowest BCUT2D eigenvalue weighted by molar-refractivity contribution is 1.11. The van der Waals surface area contributed by atoms with Crippen molar-refractivity contribution in [3.63, 3.8) is 0 Å². The summed E-state index contributed by atoms with van der Waals surface area (Å²) in [6, 6.07) is 15.9. The minimum Gasteiger partial charge on any atom is -0.292 e. The lowest BCUT2D eigenvalue weighted by atomic mass is 9.86. The zero-order valence-electron chi connectivity index (χ0n) is 32.3. The molecule has 1 heterocycles. The van der Waals surface area contributed by atoms with Crippen LogP contribution in [0.3, 0.4) is 0 Å². The van der Waals surface area contributed by atoms with Gasteiger partial charge in [-0.2, -0.15) is 0 Å². The normalized spacial score (nSPS) is 15.9. The Balaban J connectivity index is 1.61. The Labute approximate surface area is 243 Å². The van der Waals surface area contributed by atoms with Crippen molar-refractivity contribution in [1.29, 1.82) is 0 Å². The van der Waals surface area contributed by atoms with Crippen LogP contribution in [-0.2, 0) is 0 Å². The Morgan fingerprint density at radius 1 is 0.513 bits per heavy atom. The summed E-state index contributed by atoms with van der Waals surface area (Å²) in [6.07, 6.45) is 0. The van der Waals surface area contributed by atoms with E-state index in [2.05, 4.69) is 0 Å². The summed E-state index contributed by atoms with van der Waals surface area (Å²) in [5, 5.41) is 2.07. The van der Waals surface area contributed by atoms with Gasteiger partial charge in [0.05, 0.1) is 27.5 Å². The third-order valence-corrected chi connectivity index (χ3v) is 6.99. The Hall–Kier alpha value is -5.21. The van der Waals surface area contributed by atoms with E-state index in [-0.39, 0.29) is 33.9 Å². The number of aromatic nitrogens is 2. The quantitative estimate of drug-likeness (QED) is 0.217. The van der Waals surface area contributed by atoms with Gasteiger partial charge < -0.3 is 0 Å². The van der Waals surface area contributed by atoms with Gasteiger partial charge in [-0.05, 0) is 67.7 Å². The van der Waals surface area contributed by atoms with E-state index in [4.69, 9.17) is 20.1 Å². The third kappa shape index (κ3) is 3.32. The fourth-order valence-corrected chi connectivity index (χ4v) is 5.41. The molecular weight excluding hydrogens is 472 g/mol. The maximum Gasteiger partial charge on any atom is 0.146 e. The van der Waals surface area contributed by atoms with Gasteiger partial charge in [0.1, 0.15) is 5.82 Å². The minimum absolute atomic E-state index is 0.0403. The van der Waals surface area contributed by atoms with Crippen LogP contribution in [0.2, 0.25) is 0 Å². The fraction of sp³-hybridized carbons (Fsp3) is 0. The molecule has 0 saturated carbocycles. The second-order valence-corrected chi connectivity index (χ2v) is 9.07. The van der Waals surface area contributed by atoms with Gasteiger partial charge >= 0.3 is 0 Å². The van der Waals surface area contributed by atoms with Crippen molar-refractivity contribution in [1.82, 2.24) is 9.55 Å². The number of hydrogen-bond donors (Lipinski definition) is 0. The summed E-state index contributed by atoms with van der Waals surface area (Å²) in [5.41, 5.74) is 1.98. The number of benzene rings is 7. The number of para-hydroxylation sites is 3. The molecule has 0 bridgehead atoms. The van der Waals surface area contributed by atoms with Crippen LogP contribution in [0, 0.1) is 0 Å². The van der Waals surface area contributed by atoms with Crippen LogP contribution >= 0.6 is 0 Å². The molecule has 0 aliphatic carbocycles. The van der Waals surface area contributed by atoms with Crippen LogP contribution in [0.15, 0.2) is 145 Å². The van der Waals surface area contributed by atoms with Gasteiger partial charge in [-0.25, -0.2) is 4.98 Å². The van der Waals surface area contributed by atoms with Gasteiger partial charge in [-0.1, -0.05) is 121 Å². The van der Waals surface area contributed by atoms with Crippen LogP contribution in [0.1, 0.15) is 16.4 Å². The Bertz CT molecular complexity index is 2750. The van der Waals surface area contributed by atoms with E-state index in [9.17, 15) is 1.37 Å². The maximum atomic E-state index is 9.17. The molecule has 0 N–H and O–H groups in total. The number of hydrogen-bond acceptors (Lipinski definition) is 1. The molecule has 0 amide bonds. The molecule has 0 aliphatic heterocycles. The van der Waals surface area contributed by atoms with Crippen molar-refractivity contribution in [3.8, 4) is 28.2 Å². The average molecular weight is 509 g/mol. The summed E-state index contributed by atoms with van der Waals surface area (Å²) >= 11 is 0. The molecule has 8 rings (SSSR count). The first-order valence-corrected chi connectivity index (χ1v) is 12.4. The number of nitrogens with zero attached hydrogens (tertiary/aromatic N) is 2. The van der Waals surface area contributed by atoms with Gasteiger partial charge in [0, 0.05) is 11.3 Å². The highest BCUT2D eigenvalue weighted by atomic mass is 15.1. The number of rotatable bonds is 3. The van der Waals surface area contributed by atoms with E-state index in [0.29, 0.717) is 43.7 Å². The first-order valence-electron chi connectivity index (χ1n) is 18.4. The van der Waals surface area contributed by atoms with Crippen molar-refractivity contribution in [2.75, 3.05) is 0 Å². The number of imidazole rings is 1. The molecule has 39 heavy (non-hydrogen) atoms. The standard InChI is InChI=1S/C37H24N2/c1-2-15-26(16-3-1)39-34-24-11-10-23-33(34)38-37(39)36-31-20-8-6-18-29(31)35(30-19-7-9-21-32(30)36)28-22-12-14-25-13-4-5-17-27(25)28/h1-24H/i1D,2D,3D,4D,5D,12D,13D,14D,15D,16D,17D,22D. The molecule has 2 heteroatoms. The molecule has 0 spiro atoms. The Kier molecular flexibility index (Phi) is 2.90. The monoisotopic (exact) mass is 508 g/mol. The second-order valence-electron chi connectivity index (χ2n) is 9.07. The molecule has 0 unspecified atom stereocenters. The molecule has 0 aliphatic rings. The highest BCUT2D eigenvalue weighted by Crippen LogP contribution is 2.45. The molecule has 0 atom stereocenters. The van der Waals surface area contributed by atoms with Crippen LogP contribution < -0.4 is 0 Å². The van der Waals surface area contributed by atoms with Crippen molar-refractivity contribution >= 4 is 43.4 Å². The highest BCUT2D eigenvalue weighted by Gasteiger charge is 2.22. The summed E-state index contributed by atoms with van der Waals surface area (Å²) in [6.45, 7) is 0. The lowest BCUT2D eigenvalue weighted by Crippen LogP contribution is -1.99. The van der Waals surface area contributed by atoms with E-state index < -0.39 is 66.5 Å². The van der Waals surface area contributed by atoms with Gasteiger partial charge in [0.25, 0.3) is 0 Å². The van der Waals surface area contributed by atoms with Crippen molar-refractivity contribution < 1.29 is 16.4 Å². The number of fused-ring (bicyclic) bond motifs is 4. The Morgan fingerprint density at radius 2 is 1.10 bits per heavy atom. The smallest absolute Gasteiger partial charge is 0.146 e. The summed E-state index contributed by atoms with van der Waals surface area (Å²) in [5.74, 6) is 0.286. The van der Waals surface area contributed by atoms with Crippen molar-refractivity contribution in [2.24, 2.45) is 0 Å². The van der Waals surface area contributed by atoms with Crippen LogP contribution in [-0.4, -0.2) is 9.55 Å². The summed E-state index contributed by atoms with van der Waals surface area (Å²) in [7, 11) is 0. The minimum atomic E-state index is -0.541. The van der Waals surface area contributed by atoms with E-state index >= 15 is 0 Å². The largest absolute Gasteiger partial charge is 0.292 e. The predicted molar refractivity (Wildman–Crippen MR) is 164 cm³/mol. The first-order chi connectivity index (χ1) is 24.4. The lowest BCUT2D eigenvalue weighted by Gasteiger charge is -2.19. The summed E-state index contributed by atoms with van der Waals surface area (Å²) < 4.78 is 105. The van der Waals surface area contributed by atoms with E-state index in [1.807, 2.05) is 12.1 Å². The van der Waals surface area contributed by atoms with Crippen LogP contribution in [0.4, 0.5) is 0 Å². The zero-order valence-corrected chi connectivity index (χ0v) is 20.3. The zero-order chi connectivity index (χ0) is 36.2. The second kappa shape index (κ2) is 8.68. The third-order valence-electron chi connectivity index (χ3n) is 6.99. The molecule has 2 nitrogen and oxygen atoms in total. The fourth-order valence-electron chi connectivity index (χ4n) is 5.41. The molecule has 1 aromatic heterocycles. The van der Waals surface area contributed by atoms with E-state index in [1.54, 1.807) is 65.2 Å². The molecular formula is C37H24N2. The summed E-state index contributed by atoms with van der Waals surface area (Å²) in [4.78, 5) is 5.00. The van der Waals surface area contributed by atoms with Gasteiger partial charge in [-0.3, -0.25) is 4.57 Å². The Morgan fingerprint density at radius 3 is 1.85 bits per heavy atom. The molecule has 8 aromatic rings. The van der Waals surface area contributed by atoms with Gasteiger partial charge in [0.15, 0.2) is 0 Å². The molecule has 0 radical (unpaired) electrons.